The SMILES string of the molecule is O=C(Cc1ccncc1)NC1CCC(Sc2ncccn2)CC1. The van der Waals surface area contributed by atoms with Gasteiger partial charge in [-0.05, 0) is 49.4 Å². The molecule has 2 aromatic rings. The molecule has 3 rings (SSSR count). The van der Waals surface area contributed by atoms with E-state index < -0.39 is 0 Å². The number of nitrogens with one attached hydrogen (secondary N) is 1. The van der Waals surface area contributed by atoms with E-state index in [1.165, 1.54) is 0 Å². The van der Waals surface area contributed by atoms with Crippen LogP contribution in [0.3, 0.4) is 0 Å². The number of carbonyl (C=O) groups is 1. The lowest BCUT2D eigenvalue weighted by molar-refractivity contribution is -0.121. The number of hydrogen-bond acceptors (Lipinski definition) is 5. The Morgan fingerprint density at radius 2 is 1.78 bits per heavy atom. The Kier molecular flexibility index (Phi) is 5.58. The lowest BCUT2D eigenvalue weighted by atomic mass is 9.95. The van der Waals surface area contributed by atoms with Gasteiger partial charge in [-0.3, -0.25) is 9.78 Å². The fourth-order valence-electron chi connectivity index (χ4n) is 2.79. The van der Waals surface area contributed by atoms with Crippen molar-refractivity contribution in [3.8, 4) is 0 Å². The standard InChI is InChI=1S/C17H20N4OS/c22-16(12-13-6-10-18-11-7-13)21-14-2-4-15(5-3-14)23-17-19-8-1-9-20-17/h1,6-11,14-15H,2-5,12H2,(H,21,22). The molecule has 0 aliphatic heterocycles. The lowest BCUT2D eigenvalue weighted by Gasteiger charge is -2.28. The third-order valence-electron chi connectivity index (χ3n) is 3.97. The zero-order valence-corrected chi connectivity index (χ0v) is 13.7. The first kappa shape index (κ1) is 15.9. The van der Waals surface area contributed by atoms with Crippen LogP contribution in [0.4, 0.5) is 0 Å². The van der Waals surface area contributed by atoms with Crippen LogP contribution >= 0.6 is 11.8 Å². The van der Waals surface area contributed by atoms with Crippen molar-refractivity contribution < 1.29 is 4.79 Å². The van der Waals surface area contributed by atoms with Gasteiger partial charge in [0.25, 0.3) is 0 Å². The van der Waals surface area contributed by atoms with Crippen LogP contribution in [0.15, 0.2) is 48.1 Å². The van der Waals surface area contributed by atoms with Crippen LogP contribution in [-0.2, 0) is 11.2 Å². The summed E-state index contributed by atoms with van der Waals surface area (Å²) in [7, 11) is 0. The van der Waals surface area contributed by atoms with Crippen LogP contribution in [0.5, 0.6) is 0 Å². The van der Waals surface area contributed by atoms with Gasteiger partial charge in [-0.15, -0.1) is 0 Å². The van der Waals surface area contributed by atoms with Crippen molar-refractivity contribution in [1.29, 1.82) is 0 Å². The average molecular weight is 328 g/mol. The molecule has 120 valence electrons. The first-order chi connectivity index (χ1) is 11.3. The van der Waals surface area contributed by atoms with E-state index in [4.69, 9.17) is 0 Å². The van der Waals surface area contributed by atoms with E-state index >= 15 is 0 Å². The van der Waals surface area contributed by atoms with Crippen molar-refractivity contribution in [3.63, 3.8) is 0 Å². The second-order valence-corrected chi connectivity index (χ2v) is 6.99. The van der Waals surface area contributed by atoms with Crippen molar-refractivity contribution in [2.24, 2.45) is 0 Å². The van der Waals surface area contributed by atoms with Gasteiger partial charge in [0.05, 0.1) is 6.42 Å². The Morgan fingerprint density at radius 1 is 1.09 bits per heavy atom. The summed E-state index contributed by atoms with van der Waals surface area (Å²) in [4.78, 5) is 24.6. The second-order valence-electron chi connectivity index (χ2n) is 5.72. The predicted molar refractivity (Wildman–Crippen MR) is 90.0 cm³/mol. The Bertz CT molecular complexity index is 615. The normalized spacial score (nSPS) is 20.9. The van der Waals surface area contributed by atoms with E-state index in [1.54, 1.807) is 36.5 Å². The van der Waals surface area contributed by atoms with Gasteiger partial charge in [0, 0.05) is 36.1 Å². The van der Waals surface area contributed by atoms with Crippen molar-refractivity contribution in [3.05, 3.63) is 48.5 Å². The lowest BCUT2D eigenvalue weighted by Crippen LogP contribution is -2.38. The molecule has 1 amide bonds. The summed E-state index contributed by atoms with van der Waals surface area (Å²) >= 11 is 1.75. The summed E-state index contributed by atoms with van der Waals surface area (Å²) in [6.45, 7) is 0. The minimum Gasteiger partial charge on any atom is -0.353 e. The van der Waals surface area contributed by atoms with E-state index in [9.17, 15) is 4.79 Å². The summed E-state index contributed by atoms with van der Waals surface area (Å²) in [5, 5.41) is 4.54. The van der Waals surface area contributed by atoms with Crippen molar-refractivity contribution in [1.82, 2.24) is 20.3 Å². The number of amides is 1. The van der Waals surface area contributed by atoms with E-state index in [0.29, 0.717) is 11.7 Å². The molecule has 1 aliphatic carbocycles. The Morgan fingerprint density at radius 3 is 2.48 bits per heavy atom. The molecule has 0 aromatic carbocycles. The fourth-order valence-corrected chi connectivity index (χ4v) is 3.83. The van der Waals surface area contributed by atoms with Crippen molar-refractivity contribution in [2.45, 2.75) is 48.6 Å². The molecule has 1 aliphatic rings. The Hall–Kier alpha value is -1.95. The molecule has 0 unspecified atom stereocenters. The second kappa shape index (κ2) is 8.06. The van der Waals surface area contributed by atoms with Crippen LogP contribution in [0.1, 0.15) is 31.2 Å². The summed E-state index contributed by atoms with van der Waals surface area (Å²) < 4.78 is 0. The van der Waals surface area contributed by atoms with Gasteiger partial charge in [-0.1, -0.05) is 11.8 Å². The van der Waals surface area contributed by atoms with Gasteiger partial charge in [0.1, 0.15) is 0 Å². The van der Waals surface area contributed by atoms with E-state index in [2.05, 4.69) is 20.3 Å². The molecule has 2 aromatic heterocycles. The fraction of sp³-hybridized carbons (Fsp3) is 0.412. The average Bonchev–Trinajstić information content (AvgIpc) is 2.58. The molecule has 0 radical (unpaired) electrons. The molecule has 0 bridgehead atoms. The molecule has 1 N–H and O–H groups in total. The molecule has 0 spiro atoms. The van der Waals surface area contributed by atoms with Gasteiger partial charge in [-0.25, -0.2) is 9.97 Å². The number of pyridine rings is 1. The van der Waals surface area contributed by atoms with Gasteiger partial charge in [0.15, 0.2) is 5.16 Å². The molecular weight excluding hydrogens is 308 g/mol. The minimum atomic E-state index is 0.0960. The molecule has 0 atom stereocenters. The molecule has 5 nitrogen and oxygen atoms in total. The maximum Gasteiger partial charge on any atom is 0.224 e. The summed E-state index contributed by atoms with van der Waals surface area (Å²) in [6.07, 6.45) is 11.6. The maximum atomic E-state index is 12.1. The van der Waals surface area contributed by atoms with E-state index in [-0.39, 0.29) is 11.9 Å². The molecule has 2 heterocycles. The number of rotatable bonds is 5. The van der Waals surface area contributed by atoms with Crippen LogP contribution in [-0.4, -0.2) is 32.2 Å². The zero-order chi connectivity index (χ0) is 15.9. The zero-order valence-electron chi connectivity index (χ0n) is 12.9. The number of carbonyl (C=O) groups excluding carboxylic acids is 1. The molecule has 1 fully saturated rings. The first-order valence-corrected chi connectivity index (χ1v) is 8.79. The van der Waals surface area contributed by atoms with Gasteiger partial charge < -0.3 is 5.32 Å². The molecular formula is C17H20N4OS. The first-order valence-electron chi connectivity index (χ1n) is 7.91. The maximum absolute atomic E-state index is 12.1. The van der Waals surface area contributed by atoms with Crippen LogP contribution < -0.4 is 5.32 Å². The van der Waals surface area contributed by atoms with Gasteiger partial charge in [0.2, 0.25) is 5.91 Å². The quantitative estimate of drug-likeness (QED) is 0.855. The highest BCUT2D eigenvalue weighted by atomic mass is 32.2. The molecule has 6 heteroatoms. The summed E-state index contributed by atoms with van der Waals surface area (Å²) in [5.41, 5.74) is 1.00. The highest BCUT2D eigenvalue weighted by Crippen LogP contribution is 2.31. The Balaban J connectivity index is 1.41. The highest BCUT2D eigenvalue weighted by molar-refractivity contribution is 7.99. The van der Waals surface area contributed by atoms with Crippen LogP contribution in [0.2, 0.25) is 0 Å². The third kappa shape index (κ3) is 5.03. The third-order valence-corrected chi connectivity index (χ3v) is 5.19. The van der Waals surface area contributed by atoms with Gasteiger partial charge >= 0.3 is 0 Å². The predicted octanol–water partition coefficient (Wildman–Crippen LogP) is 2.63. The minimum absolute atomic E-state index is 0.0960. The smallest absolute Gasteiger partial charge is 0.224 e. The van der Waals surface area contributed by atoms with Crippen LogP contribution in [0.25, 0.3) is 0 Å². The topological polar surface area (TPSA) is 67.8 Å². The van der Waals surface area contributed by atoms with Crippen molar-refractivity contribution >= 4 is 17.7 Å². The number of thioether (sulfide) groups is 1. The Labute approximate surface area is 140 Å². The molecule has 0 saturated heterocycles. The van der Waals surface area contributed by atoms with E-state index in [0.717, 1.165) is 36.4 Å². The monoisotopic (exact) mass is 328 g/mol. The number of hydrogen-bond donors (Lipinski definition) is 1. The molecule has 23 heavy (non-hydrogen) atoms. The van der Waals surface area contributed by atoms with Gasteiger partial charge in [-0.2, -0.15) is 0 Å². The number of aromatic nitrogens is 3. The van der Waals surface area contributed by atoms with Crippen molar-refractivity contribution in [2.75, 3.05) is 0 Å². The summed E-state index contributed by atoms with van der Waals surface area (Å²) in [5.74, 6) is 0.0960. The summed E-state index contributed by atoms with van der Waals surface area (Å²) in [6, 6.07) is 5.89. The molecule has 1 saturated carbocycles. The van der Waals surface area contributed by atoms with Crippen LogP contribution in [0, 0.1) is 0 Å². The highest BCUT2D eigenvalue weighted by Gasteiger charge is 2.23. The number of nitrogens with zero attached hydrogens (tertiary/aromatic N) is 3. The van der Waals surface area contributed by atoms with E-state index in [1.807, 2.05) is 18.2 Å². The largest absolute Gasteiger partial charge is 0.353 e.